The number of hydrogen-bond donors (Lipinski definition) is 1. The average Bonchev–Trinajstić information content (AvgIpc) is 3.45. The Hall–Kier alpha value is -1.80. The van der Waals surface area contributed by atoms with E-state index in [-0.39, 0.29) is 29.3 Å². The van der Waals surface area contributed by atoms with Crippen molar-refractivity contribution in [2.75, 3.05) is 27.3 Å². The number of piperidine rings is 1. The molecule has 1 aromatic rings. The average molecular weight is 368 g/mol. The van der Waals surface area contributed by atoms with Gasteiger partial charge in [0.1, 0.15) is 0 Å². The minimum Gasteiger partial charge on any atom is -0.493 e. The van der Waals surface area contributed by atoms with Crippen LogP contribution < -0.4 is 14.8 Å². The Morgan fingerprint density at radius 2 is 1.88 bits per heavy atom. The number of hydrogen-bond acceptors (Lipinski definition) is 5. The zero-order valence-corrected chi connectivity index (χ0v) is 15.3. The molecule has 2 aliphatic rings. The molecule has 0 spiro atoms. The Labute approximate surface area is 148 Å². The van der Waals surface area contributed by atoms with Crippen LogP contribution in [0.1, 0.15) is 25.7 Å². The largest absolute Gasteiger partial charge is 0.493 e. The third-order valence-electron chi connectivity index (χ3n) is 4.67. The summed E-state index contributed by atoms with van der Waals surface area (Å²) in [5.41, 5.74) is 0. The molecule has 8 heteroatoms. The molecule has 1 unspecified atom stereocenters. The number of benzene rings is 1. The van der Waals surface area contributed by atoms with Gasteiger partial charge in [0.05, 0.1) is 25.0 Å². The van der Waals surface area contributed by atoms with Gasteiger partial charge < -0.3 is 14.8 Å². The lowest BCUT2D eigenvalue weighted by molar-refractivity contribution is -0.126. The molecule has 3 rings (SSSR count). The molecule has 0 bridgehead atoms. The zero-order valence-electron chi connectivity index (χ0n) is 14.5. The van der Waals surface area contributed by atoms with E-state index in [0.29, 0.717) is 24.5 Å². The number of carbonyl (C=O) groups is 1. The van der Waals surface area contributed by atoms with Gasteiger partial charge in [-0.15, -0.1) is 0 Å². The van der Waals surface area contributed by atoms with Crippen LogP contribution in [-0.4, -0.2) is 52.0 Å². The summed E-state index contributed by atoms with van der Waals surface area (Å²) in [7, 11) is -0.716. The van der Waals surface area contributed by atoms with E-state index in [1.165, 1.54) is 30.7 Å². The normalized spacial score (nSPS) is 21.6. The molecule has 7 nitrogen and oxygen atoms in total. The second kappa shape index (κ2) is 7.21. The number of nitrogens with zero attached hydrogens (tertiary/aromatic N) is 1. The van der Waals surface area contributed by atoms with Crippen LogP contribution in [0.5, 0.6) is 11.5 Å². The Kier molecular flexibility index (Phi) is 5.19. The van der Waals surface area contributed by atoms with Crippen molar-refractivity contribution < 1.29 is 22.7 Å². The van der Waals surface area contributed by atoms with Crippen molar-refractivity contribution in [1.82, 2.24) is 9.62 Å². The van der Waals surface area contributed by atoms with Gasteiger partial charge in [-0.2, -0.15) is 4.31 Å². The third-order valence-corrected chi connectivity index (χ3v) is 6.53. The first-order chi connectivity index (χ1) is 12.0. The molecule has 1 amide bonds. The highest BCUT2D eigenvalue weighted by Gasteiger charge is 2.35. The lowest BCUT2D eigenvalue weighted by Gasteiger charge is -2.31. The molecule has 1 aliphatic heterocycles. The molecule has 25 heavy (non-hydrogen) atoms. The molecule has 1 aromatic carbocycles. The standard InChI is InChI=1S/C17H24N2O5S/c1-23-15-8-7-14(10-16(15)24-2)25(21,22)19-9-3-4-12(11-19)17(20)18-13-5-6-13/h7-8,10,12-13H,3-6,9,11H2,1-2H3,(H,18,20). The molecule has 0 aromatic heterocycles. The predicted octanol–water partition coefficient (Wildman–Crippen LogP) is 1.38. The lowest BCUT2D eigenvalue weighted by Crippen LogP contribution is -2.45. The summed E-state index contributed by atoms with van der Waals surface area (Å²) in [5, 5.41) is 2.97. The van der Waals surface area contributed by atoms with Crippen LogP contribution in [0.4, 0.5) is 0 Å². The van der Waals surface area contributed by atoms with E-state index in [9.17, 15) is 13.2 Å². The number of ether oxygens (including phenoxy) is 2. The fraction of sp³-hybridized carbons (Fsp3) is 0.588. The highest BCUT2D eigenvalue weighted by molar-refractivity contribution is 7.89. The van der Waals surface area contributed by atoms with Gasteiger partial charge in [-0.25, -0.2) is 8.42 Å². The van der Waals surface area contributed by atoms with Gasteiger partial charge in [0, 0.05) is 25.2 Å². The lowest BCUT2D eigenvalue weighted by atomic mass is 9.99. The van der Waals surface area contributed by atoms with E-state index < -0.39 is 10.0 Å². The minimum atomic E-state index is -3.68. The molecule has 0 radical (unpaired) electrons. The first kappa shape index (κ1) is 18.0. The molecule has 1 heterocycles. The predicted molar refractivity (Wildman–Crippen MR) is 92.2 cm³/mol. The van der Waals surface area contributed by atoms with Crippen molar-refractivity contribution in [3.63, 3.8) is 0 Å². The number of carbonyl (C=O) groups excluding carboxylic acids is 1. The molecule has 1 aliphatic carbocycles. The van der Waals surface area contributed by atoms with Gasteiger partial charge in [0.15, 0.2) is 11.5 Å². The van der Waals surface area contributed by atoms with E-state index in [1.807, 2.05) is 0 Å². The summed E-state index contributed by atoms with van der Waals surface area (Å²) in [6, 6.07) is 4.82. The molecular weight excluding hydrogens is 344 g/mol. The second-order valence-corrected chi connectivity index (χ2v) is 8.44. The van der Waals surface area contributed by atoms with Crippen LogP contribution in [-0.2, 0) is 14.8 Å². The van der Waals surface area contributed by atoms with Gasteiger partial charge in [-0.05, 0) is 37.8 Å². The molecule has 138 valence electrons. The molecular formula is C17H24N2O5S. The molecule has 1 saturated heterocycles. The summed E-state index contributed by atoms with van der Waals surface area (Å²) in [6.07, 6.45) is 3.43. The topological polar surface area (TPSA) is 84.9 Å². The van der Waals surface area contributed by atoms with Crippen molar-refractivity contribution >= 4 is 15.9 Å². The van der Waals surface area contributed by atoms with Crippen LogP contribution in [0, 0.1) is 5.92 Å². The maximum atomic E-state index is 13.0. The van der Waals surface area contributed by atoms with Crippen LogP contribution in [0.25, 0.3) is 0 Å². The van der Waals surface area contributed by atoms with Gasteiger partial charge in [0.25, 0.3) is 0 Å². The van der Waals surface area contributed by atoms with Crippen LogP contribution in [0.15, 0.2) is 23.1 Å². The maximum Gasteiger partial charge on any atom is 0.243 e. The first-order valence-electron chi connectivity index (χ1n) is 8.48. The molecule has 2 fully saturated rings. The molecule has 1 atom stereocenters. The summed E-state index contributed by atoms with van der Waals surface area (Å²) in [5.74, 6) is 0.518. The highest BCUT2D eigenvalue weighted by atomic mass is 32.2. The van der Waals surface area contributed by atoms with Gasteiger partial charge in [0.2, 0.25) is 15.9 Å². The Bertz CT molecular complexity index is 745. The Balaban J connectivity index is 1.77. The smallest absolute Gasteiger partial charge is 0.243 e. The maximum absolute atomic E-state index is 13.0. The van der Waals surface area contributed by atoms with Gasteiger partial charge >= 0.3 is 0 Å². The summed E-state index contributed by atoms with van der Waals surface area (Å²) in [6.45, 7) is 0.638. The van der Waals surface area contributed by atoms with E-state index in [1.54, 1.807) is 6.07 Å². The Morgan fingerprint density at radius 1 is 1.16 bits per heavy atom. The van der Waals surface area contributed by atoms with Crippen molar-refractivity contribution in [3.8, 4) is 11.5 Å². The SMILES string of the molecule is COc1ccc(S(=O)(=O)N2CCCC(C(=O)NC3CC3)C2)cc1OC. The monoisotopic (exact) mass is 368 g/mol. The molecule has 1 N–H and O–H groups in total. The number of nitrogens with one attached hydrogen (secondary N) is 1. The van der Waals surface area contributed by atoms with E-state index >= 15 is 0 Å². The second-order valence-electron chi connectivity index (χ2n) is 6.50. The minimum absolute atomic E-state index is 0.0327. The first-order valence-corrected chi connectivity index (χ1v) is 9.92. The zero-order chi connectivity index (χ0) is 18.0. The number of methoxy groups -OCH3 is 2. The fourth-order valence-electron chi connectivity index (χ4n) is 3.05. The van der Waals surface area contributed by atoms with E-state index in [0.717, 1.165) is 19.3 Å². The number of rotatable bonds is 6. The van der Waals surface area contributed by atoms with Gasteiger partial charge in [-0.1, -0.05) is 0 Å². The van der Waals surface area contributed by atoms with Crippen molar-refractivity contribution in [2.45, 2.75) is 36.6 Å². The summed E-state index contributed by atoms with van der Waals surface area (Å²) >= 11 is 0. The van der Waals surface area contributed by atoms with Crippen LogP contribution in [0.3, 0.4) is 0 Å². The molecule has 1 saturated carbocycles. The Morgan fingerprint density at radius 3 is 2.52 bits per heavy atom. The number of amides is 1. The summed E-state index contributed by atoms with van der Waals surface area (Å²) in [4.78, 5) is 12.4. The van der Waals surface area contributed by atoms with Crippen molar-refractivity contribution in [3.05, 3.63) is 18.2 Å². The highest BCUT2D eigenvalue weighted by Crippen LogP contribution is 2.32. The number of sulfonamides is 1. The van der Waals surface area contributed by atoms with E-state index in [4.69, 9.17) is 9.47 Å². The van der Waals surface area contributed by atoms with Crippen molar-refractivity contribution in [2.24, 2.45) is 5.92 Å². The van der Waals surface area contributed by atoms with Crippen molar-refractivity contribution in [1.29, 1.82) is 0 Å². The third kappa shape index (κ3) is 3.90. The van der Waals surface area contributed by atoms with Gasteiger partial charge in [-0.3, -0.25) is 4.79 Å². The van der Waals surface area contributed by atoms with E-state index in [2.05, 4.69) is 5.32 Å². The van der Waals surface area contributed by atoms with Crippen LogP contribution in [0.2, 0.25) is 0 Å². The fourth-order valence-corrected chi connectivity index (χ4v) is 4.59. The summed E-state index contributed by atoms with van der Waals surface area (Å²) < 4.78 is 37.7. The van der Waals surface area contributed by atoms with Crippen LogP contribution >= 0.6 is 0 Å². The quantitative estimate of drug-likeness (QED) is 0.820.